The Hall–Kier alpha value is -6.84. The summed E-state index contributed by atoms with van der Waals surface area (Å²) in [7, 11) is 0. The number of esters is 3. The molecule has 2 N–H and O–H groups in total. The van der Waals surface area contributed by atoms with Crippen LogP contribution in [0, 0.1) is 0 Å². The van der Waals surface area contributed by atoms with Crippen molar-refractivity contribution < 1.29 is 33.4 Å². The lowest BCUT2D eigenvalue weighted by Gasteiger charge is -2.46. The van der Waals surface area contributed by atoms with E-state index in [1.807, 2.05) is 54.6 Å². The number of hydrogen-bond acceptors (Lipinski definition) is 8. The first-order valence-electron chi connectivity index (χ1n) is 17.5. The molecule has 6 aromatic carbocycles. The van der Waals surface area contributed by atoms with Crippen LogP contribution in [-0.4, -0.2) is 41.3 Å². The van der Waals surface area contributed by atoms with Gasteiger partial charge in [0, 0.05) is 6.54 Å². The number of carbonyl (C=O) groups excluding carboxylic acids is 4. The lowest BCUT2D eigenvalue weighted by molar-refractivity contribution is -0.123. The molecule has 0 aromatic heterocycles. The molecule has 0 radical (unpaired) electrons. The summed E-state index contributed by atoms with van der Waals surface area (Å²) in [6.07, 6.45) is 1.26. The third-order valence-electron chi connectivity index (χ3n) is 9.49. The van der Waals surface area contributed by atoms with Gasteiger partial charge in [-0.05, 0) is 102 Å². The number of hydrogen-bond donors (Lipinski definition) is 1. The Morgan fingerprint density at radius 1 is 0.481 bits per heavy atom. The summed E-state index contributed by atoms with van der Waals surface area (Å²) in [6, 6.07) is 46.9. The van der Waals surface area contributed by atoms with Crippen molar-refractivity contribution in [2.24, 2.45) is 5.73 Å². The molecule has 6 aromatic rings. The van der Waals surface area contributed by atoms with Gasteiger partial charge in [0.15, 0.2) is 0 Å². The number of nitrogens with zero attached hydrogens (tertiary/aromatic N) is 1. The summed E-state index contributed by atoms with van der Waals surface area (Å²) in [5.41, 5.74) is 8.42. The van der Waals surface area contributed by atoms with Crippen LogP contribution in [0.15, 0.2) is 164 Å². The van der Waals surface area contributed by atoms with Crippen LogP contribution < -0.4 is 19.9 Å². The number of primary amides is 1. The van der Waals surface area contributed by atoms with Crippen molar-refractivity contribution in [1.29, 1.82) is 0 Å². The molecule has 1 heterocycles. The van der Waals surface area contributed by atoms with E-state index < -0.39 is 35.4 Å². The molecular weight excluding hydrogens is 681 g/mol. The largest absolute Gasteiger partial charge is 0.423 e. The molecule has 9 nitrogen and oxygen atoms in total. The number of benzene rings is 6. The Morgan fingerprint density at radius 3 is 1.09 bits per heavy atom. The van der Waals surface area contributed by atoms with Gasteiger partial charge in [0.2, 0.25) is 5.91 Å². The van der Waals surface area contributed by atoms with Crippen molar-refractivity contribution in [2.75, 3.05) is 6.54 Å². The molecule has 0 unspecified atom stereocenters. The highest BCUT2D eigenvalue weighted by Crippen LogP contribution is 2.47. The Kier molecular flexibility index (Phi) is 10.4. The van der Waals surface area contributed by atoms with Crippen molar-refractivity contribution in [3.63, 3.8) is 0 Å². The quantitative estimate of drug-likeness (QED) is 0.0827. The minimum Gasteiger partial charge on any atom is -0.423 e. The molecule has 7 rings (SSSR count). The zero-order valence-corrected chi connectivity index (χ0v) is 29.2. The lowest BCUT2D eigenvalue weighted by atomic mass is 9.75. The predicted molar refractivity (Wildman–Crippen MR) is 202 cm³/mol. The average molecular weight is 717 g/mol. The molecule has 0 saturated carbocycles. The molecule has 1 aliphatic rings. The van der Waals surface area contributed by atoms with Crippen LogP contribution in [0.4, 0.5) is 0 Å². The molecule has 1 fully saturated rings. The molecule has 1 saturated heterocycles. The number of nitrogens with two attached hydrogens (primary N) is 1. The third kappa shape index (κ3) is 7.39. The number of ether oxygens (including phenoxy) is 3. The van der Waals surface area contributed by atoms with Crippen molar-refractivity contribution in [3.05, 3.63) is 197 Å². The fourth-order valence-corrected chi connectivity index (χ4v) is 6.97. The maximum atomic E-state index is 13.1. The van der Waals surface area contributed by atoms with E-state index in [0.29, 0.717) is 53.3 Å². The summed E-state index contributed by atoms with van der Waals surface area (Å²) < 4.78 is 17.2. The highest BCUT2D eigenvalue weighted by molar-refractivity contribution is 5.92. The molecule has 1 atom stereocenters. The Morgan fingerprint density at radius 2 is 0.796 bits per heavy atom. The predicted octanol–water partition coefficient (Wildman–Crippen LogP) is 7.59. The minimum absolute atomic E-state index is 0.334. The maximum Gasteiger partial charge on any atom is 0.343 e. The van der Waals surface area contributed by atoms with E-state index >= 15 is 0 Å². The first-order valence-corrected chi connectivity index (χ1v) is 17.5. The number of carbonyl (C=O) groups is 4. The second-order valence-corrected chi connectivity index (χ2v) is 12.8. The van der Waals surface area contributed by atoms with Crippen LogP contribution in [-0.2, 0) is 10.3 Å². The van der Waals surface area contributed by atoms with Crippen molar-refractivity contribution in [3.8, 4) is 17.2 Å². The van der Waals surface area contributed by atoms with Crippen LogP contribution in [0.1, 0.15) is 60.6 Å². The zero-order valence-electron chi connectivity index (χ0n) is 29.2. The van der Waals surface area contributed by atoms with Crippen molar-refractivity contribution in [2.45, 2.75) is 24.4 Å². The summed E-state index contributed by atoms with van der Waals surface area (Å²) in [6.45, 7) is 0.522. The van der Waals surface area contributed by atoms with Crippen LogP contribution in [0.3, 0.4) is 0 Å². The molecule has 0 aliphatic carbocycles. The van der Waals surface area contributed by atoms with Gasteiger partial charge in [0.25, 0.3) is 0 Å². The SMILES string of the molecule is NC(=O)[C@@H]1CCCN1C(c1ccc(OC(=O)c2ccccc2)cc1)(c1ccc(OC(=O)c2ccccc2)cc1)c1ccc(OC(=O)c2ccccc2)cc1. The van der Waals surface area contributed by atoms with Gasteiger partial charge in [-0.1, -0.05) is 91.0 Å². The molecule has 54 heavy (non-hydrogen) atoms. The highest BCUT2D eigenvalue weighted by Gasteiger charge is 2.48. The van der Waals surface area contributed by atoms with Gasteiger partial charge < -0.3 is 19.9 Å². The maximum absolute atomic E-state index is 13.1. The topological polar surface area (TPSA) is 125 Å². The van der Waals surface area contributed by atoms with Crippen LogP contribution in [0.5, 0.6) is 17.2 Å². The van der Waals surface area contributed by atoms with Gasteiger partial charge in [-0.2, -0.15) is 0 Å². The second kappa shape index (κ2) is 15.8. The van der Waals surface area contributed by atoms with Crippen molar-refractivity contribution >= 4 is 23.8 Å². The van der Waals surface area contributed by atoms with Gasteiger partial charge in [-0.3, -0.25) is 9.69 Å². The molecule has 9 heteroatoms. The van der Waals surface area contributed by atoms with E-state index in [9.17, 15) is 19.2 Å². The van der Waals surface area contributed by atoms with E-state index in [4.69, 9.17) is 19.9 Å². The van der Waals surface area contributed by atoms with Gasteiger partial charge in [0.1, 0.15) is 17.2 Å². The average Bonchev–Trinajstić information content (AvgIpc) is 3.72. The third-order valence-corrected chi connectivity index (χ3v) is 9.49. The molecule has 1 aliphatic heterocycles. The molecule has 268 valence electrons. The zero-order chi connectivity index (χ0) is 37.5. The first kappa shape index (κ1) is 35.6. The van der Waals surface area contributed by atoms with Gasteiger partial charge in [0.05, 0.1) is 28.3 Å². The first-order chi connectivity index (χ1) is 26.3. The highest BCUT2D eigenvalue weighted by atomic mass is 16.5. The van der Waals surface area contributed by atoms with Gasteiger partial charge in [-0.25, -0.2) is 14.4 Å². The standard InChI is InChI=1S/C45H36N2O7/c46-41(48)40-17-10-30-47(40)45(34-18-24-37(25-19-34)52-42(49)31-11-4-1-5-12-31,35-20-26-38(27-21-35)53-43(50)32-13-6-2-7-14-32)36-22-28-39(29-23-36)54-44(51)33-15-8-3-9-16-33/h1-9,11-16,18-29,40H,10,17,30H2,(H2,46,48)/t40-/m0/s1. The van der Waals surface area contributed by atoms with Crippen LogP contribution in [0.2, 0.25) is 0 Å². The molecule has 0 spiro atoms. The lowest BCUT2D eigenvalue weighted by Crippen LogP contribution is -2.54. The monoisotopic (exact) mass is 716 g/mol. The smallest absolute Gasteiger partial charge is 0.343 e. The second-order valence-electron chi connectivity index (χ2n) is 12.8. The summed E-state index contributed by atoms with van der Waals surface area (Å²) in [5, 5.41) is 0. The Labute approximate surface area is 312 Å². The summed E-state index contributed by atoms with van der Waals surface area (Å²) in [5.74, 6) is -0.952. The number of likely N-dealkylation sites (tertiary alicyclic amines) is 1. The molecule has 1 amide bonds. The van der Waals surface area contributed by atoms with Crippen LogP contribution >= 0.6 is 0 Å². The normalized spacial score (nSPS) is 14.2. The van der Waals surface area contributed by atoms with Crippen molar-refractivity contribution in [1.82, 2.24) is 4.90 Å². The van der Waals surface area contributed by atoms with Gasteiger partial charge in [-0.15, -0.1) is 0 Å². The van der Waals surface area contributed by atoms with E-state index in [0.717, 1.165) is 16.7 Å². The summed E-state index contributed by atoms with van der Waals surface area (Å²) >= 11 is 0. The Bertz CT molecular complexity index is 2010. The Balaban J connectivity index is 1.32. The summed E-state index contributed by atoms with van der Waals surface area (Å²) in [4.78, 5) is 53.9. The number of rotatable bonds is 11. The number of amides is 1. The van der Waals surface area contributed by atoms with E-state index in [-0.39, 0.29) is 0 Å². The van der Waals surface area contributed by atoms with Crippen LogP contribution in [0.25, 0.3) is 0 Å². The minimum atomic E-state index is -1.14. The molecule has 0 bridgehead atoms. The fourth-order valence-electron chi connectivity index (χ4n) is 6.97. The fraction of sp³-hybridized carbons (Fsp3) is 0.111. The van der Waals surface area contributed by atoms with E-state index in [1.165, 1.54) is 0 Å². The van der Waals surface area contributed by atoms with E-state index in [2.05, 4.69) is 4.90 Å². The molecular formula is C45H36N2O7. The van der Waals surface area contributed by atoms with Gasteiger partial charge >= 0.3 is 17.9 Å². The van der Waals surface area contributed by atoms with E-state index in [1.54, 1.807) is 109 Å².